The molecule has 1 aliphatic rings. The first kappa shape index (κ1) is 12.7. The van der Waals surface area contributed by atoms with Crippen molar-refractivity contribution < 1.29 is 14.6 Å². The van der Waals surface area contributed by atoms with Crippen molar-refractivity contribution in [2.24, 2.45) is 5.92 Å². The Morgan fingerprint density at radius 1 is 1.33 bits per heavy atom. The molecule has 18 heavy (non-hydrogen) atoms. The molecule has 4 nitrogen and oxygen atoms in total. The maximum absolute atomic E-state index is 11.1. The number of ether oxygens (including phenoxy) is 1. The number of carboxylic acids is 1. The average molecular weight is 249 g/mol. The van der Waals surface area contributed by atoms with Crippen LogP contribution in [0.2, 0.25) is 0 Å². The summed E-state index contributed by atoms with van der Waals surface area (Å²) in [5, 5.41) is 9.12. The number of benzene rings is 1. The van der Waals surface area contributed by atoms with Gasteiger partial charge in [-0.25, -0.2) is 4.79 Å². The van der Waals surface area contributed by atoms with Gasteiger partial charge in [-0.2, -0.15) is 0 Å². The van der Waals surface area contributed by atoms with Gasteiger partial charge in [0.15, 0.2) is 0 Å². The quantitative estimate of drug-likeness (QED) is 0.805. The molecule has 0 aliphatic heterocycles. The van der Waals surface area contributed by atoms with Gasteiger partial charge in [0.05, 0.1) is 6.61 Å². The van der Waals surface area contributed by atoms with E-state index < -0.39 is 5.97 Å². The molecule has 0 spiro atoms. The van der Waals surface area contributed by atoms with Crippen molar-refractivity contribution >= 4 is 11.7 Å². The Morgan fingerprint density at radius 2 is 2.06 bits per heavy atom. The second kappa shape index (κ2) is 5.76. The maximum atomic E-state index is 11.1. The fourth-order valence-electron chi connectivity index (χ4n) is 2.46. The Bertz CT molecular complexity index is 425. The second-order valence-electron chi connectivity index (χ2n) is 4.84. The summed E-state index contributed by atoms with van der Waals surface area (Å²) in [6.45, 7) is 0.587. The van der Waals surface area contributed by atoms with E-state index in [9.17, 15) is 4.79 Å². The van der Waals surface area contributed by atoms with E-state index in [1.54, 1.807) is 18.2 Å². The van der Waals surface area contributed by atoms with Gasteiger partial charge >= 0.3 is 5.97 Å². The fourth-order valence-corrected chi connectivity index (χ4v) is 2.46. The van der Waals surface area contributed by atoms with E-state index in [4.69, 9.17) is 15.6 Å². The number of carbonyl (C=O) groups is 1. The lowest BCUT2D eigenvalue weighted by Gasteiger charge is -2.22. The average Bonchev–Trinajstić information content (AvgIpc) is 2.37. The van der Waals surface area contributed by atoms with Crippen LogP contribution in [0.5, 0.6) is 5.75 Å². The van der Waals surface area contributed by atoms with Gasteiger partial charge in [0.25, 0.3) is 0 Å². The van der Waals surface area contributed by atoms with E-state index in [0.29, 0.717) is 18.3 Å². The molecule has 1 aliphatic carbocycles. The van der Waals surface area contributed by atoms with Gasteiger partial charge < -0.3 is 15.6 Å². The molecule has 2 rings (SSSR count). The van der Waals surface area contributed by atoms with Crippen LogP contribution in [0.15, 0.2) is 18.2 Å². The zero-order valence-corrected chi connectivity index (χ0v) is 10.4. The SMILES string of the molecule is Nc1cccc(OCC2CCCCC2)c1C(=O)O. The van der Waals surface area contributed by atoms with E-state index in [0.717, 1.165) is 0 Å². The minimum atomic E-state index is -1.04. The molecule has 0 radical (unpaired) electrons. The van der Waals surface area contributed by atoms with Crippen molar-refractivity contribution in [1.82, 2.24) is 0 Å². The Balaban J connectivity index is 2.04. The number of carboxylic acid groups (broad SMARTS) is 1. The van der Waals surface area contributed by atoms with E-state index in [1.807, 2.05) is 0 Å². The number of hydrogen-bond donors (Lipinski definition) is 2. The minimum absolute atomic E-state index is 0.0771. The first-order chi connectivity index (χ1) is 8.68. The van der Waals surface area contributed by atoms with Crippen LogP contribution in [0.1, 0.15) is 42.5 Å². The lowest BCUT2D eigenvalue weighted by atomic mass is 9.90. The zero-order chi connectivity index (χ0) is 13.0. The molecular weight excluding hydrogens is 230 g/mol. The number of rotatable bonds is 4. The highest BCUT2D eigenvalue weighted by Gasteiger charge is 2.18. The second-order valence-corrected chi connectivity index (χ2v) is 4.84. The highest BCUT2D eigenvalue weighted by molar-refractivity contribution is 5.96. The van der Waals surface area contributed by atoms with Gasteiger partial charge in [0.2, 0.25) is 0 Å². The third kappa shape index (κ3) is 2.94. The Morgan fingerprint density at radius 3 is 2.72 bits per heavy atom. The van der Waals surface area contributed by atoms with Gasteiger partial charge in [0.1, 0.15) is 11.3 Å². The van der Waals surface area contributed by atoms with Gasteiger partial charge in [-0.1, -0.05) is 25.3 Å². The number of anilines is 1. The zero-order valence-electron chi connectivity index (χ0n) is 10.4. The number of aromatic carboxylic acids is 1. The van der Waals surface area contributed by atoms with Crippen molar-refractivity contribution in [2.75, 3.05) is 12.3 Å². The smallest absolute Gasteiger partial charge is 0.341 e. The summed E-state index contributed by atoms with van der Waals surface area (Å²) < 4.78 is 5.66. The van der Waals surface area contributed by atoms with E-state index in [2.05, 4.69) is 0 Å². The standard InChI is InChI=1S/C14H19NO3/c15-11-7-4-8-12(13(11)14(16)17)18-9-10-5-2-1-3-6-10/h4,7-8,10H,1-3,5-6,9,15H2,(H,16,17). The summed E-state index contributed by atoms with van der Waals surface area (Å²) in [5.41, 5.74) is 6.00. The van der Waals surface area contributed by atoms with Crippen molar-refractivity contribution in [2.45, 2.75) is 32.1 Å². The highest BCUT2D eigenvalue weighted by atomic mass is 16.5. The molecule has 0 unspecified atom stereocenters. The number of hydrogen-bond acceptors (Lipinski definition) is 3. The minimum Gasteiger partial charge on any atom is -0.492 e. The van der Waals surface area contributed by atoms with Crippen molar-refractivity contribution in [3.05, 3.63) is 23.8 Å². The molecule has 1 saturated carbocycles. The van der Waals surface area contributed by atoms with Crippen LogP contribution < -0.4 is 10.5 Å². The normalized spacial score (nSPS) is 16.4. The first-order valence-electron chi connectivity index (χ1n) is 6.43. The molecule has 98 valence electrons. The molecule has 0 amide bonds. The van der Waals surface area contributed by atoms with E-state index >= 15 is 0 Å². The predicted octanol–water partition coefficient (Wildman–Crippen LogP) is 2.93. The van der Waals surface area contributed by atoms with Crippen LogP contribution in [-0.2, 0) is 0 Å². The molecule has 0 bridgehead atoms. The summed E-state index contributed by atoms with van der Waals surface area (Å²) in [7, 11) is 0. The fraction of sp³-hybridized carbons (Fsp3) is 0.500. The predicted molar refractivity (Wildman–Crippen MR) is 69.9 cm³/mol. The summed E-state index contributed by atoms with van der Waals surface area (Å²) in [6.07, 6.45) is 6.14. The van der Waals surface area contributed by atoms with E-state index in [-0.39, 0.29) is 11.3 Å². The van der Waals surface area contributed by atoms with Crippen molar-refractivity contribution in [3.8, 4) is 5.75 Å². The van der Waals surface area contributed by atoms with Crippen LogP contribution in [0.25, 0.3) is 0 Å². The molecule has 0 atom stereocenters. The molecule has 3 N–H and O–H groups in total. The molecule has 4 heteroatoms. The third-order valence-electron chi connectivity index (χ3n) is 3.47. The molecule has 0 aromatic heterocycles. The summed E-state index contributed by atoms with van der Waals surface area (Å²) in [6, 6.07) is 4.97. The molecular formula is C14H19NO3. The molecule has 0 saturated heterocycles. The molecule has 1 aromatic rings. The van der Waals surface area contributed by atoms with Gasteiger partial charge in [-0.3, -0.25) is 0 Å². The monoisotopic (exact) mass is 249 g/mol. The number of nitrogens with two attached hydrogens (primary N) is 1. The van der Waals surface area contributed by atoms with Crippen molar-refractivity contribution in [1.29, 1.82) is 0 Å². The summed E-state index contributed by atoms with van der Waals surface area (Å²) >= 11 is 0. The van der Waals surface area contributed by atoms with Gasteiger partial charge in [-0.05, 0) is 30.9 Å². The van der Waals surface area contributed by atoms with Crippen molar-refractivity contribution in [3.63, 3.8) is 0 Å². The molecule has 1 aromatic carbocycles. The van der Waals surface area contributed by atoms with Crippen LogP contribution in [-0.4, -0.2) is 17.7 Å². The maximum Gasteiger partial charge on any atom is 0.341 e. The number of nitrogen functional groups attached to an aromatic ring is 1. The Labute approximate surface area is 107 Å². The Kier molecular flexibility index (Phi) is 4.07. The summed E-state index contributed by atoms with van der Waals surface area (Å²) in [5.74, 6) is -0.110. The highest BCUT2D eigenvalue weighted by Crippen LogP contribution is 2.28. The van der Waals surface area contributed by atoms with Crippen LogP contribution >= 0.6 is 0 Å². The van der Waals surface area contributed by atoms with Crippen LogP contribution in [0.3, 0.4) is 0 Å². The van der Waals surface area contributed by atoms with Crippen LogP contribution in [0, 0.1) is 5.92 Å². The lowest BCUT2D eigenvalue weighted by Crippen LogP contribution is -2.16. The largest absolute Gasteiger partial charge is 0.492 e. The molecule has 0 heterocycles. The van der Waals surface area contributed by atoms with Gasteiger partial charge in [-0.15, -0.1) is 0 Å². The van der Waals surface area contributed by atoms with Gasteiger partial charge in [0, 0.05) is 5.69 Å². The summed E-state index contributed by atoms with van der Waals surface area (Å²) in [4.78, 5) is 11.1. The first-order valence-corrected chi connectivity index (χ1v) is 6.43. The third-order valence-corrected chi connectivity index (χ3v) is 3.47. The topological polar surface area (TPSA) is 72.5 Å². The van der Waals surface area contributed by atoms with Crippen LogP contribution in [0.4, 0.5) is 5.69 Å². The molecule has 1 fully saturated rings. The lowest BCUT2D eigenvalue weighted by molar-refractivity contribution is 0.0692. The Hall–Kier alpha value is -1.71. The van der Waals surface area contributed by atoms with E-state index in [1.165, 1.54) is 32.1 Å².